The molecule has 0 saturated heterocycles. The second-order valence-corrected chi connectivity index (χ2v) is 5.70. The molecular formula is C19H15N5O. The lowest BCUT2D eigenvalue weighted by Gasteiger charge is -2.03. The van der Waals surface area contributed by atoms with Gasteiger partial charge in [0.05, 0.1) is 11.1 Å². The molecule has 2 aromatic heterocycles. The maximum absolute atomic E-state index is 11.5. The minimum absolute atomic E-state index is 0.407. The molecule has 5 N–H and O–H groups in total. The third-order valence-electron chi connectivity index (χ3n) is 4.06. The number of fused-ring (bicyclic) bond motifs is 1. The van der Waals surface area contributed by atoms with Crippen LogP contribution >= 0.6 is 0 Å². The highest BCUT2D eigenvalue weighted by Gasteiger charge is 2.12. The van der Waals surface area contributed by atoms with E-state index in [9.17, 15) is 4.79 Å². The molecule has 6 heteroatoms. The fourth-order valence-corrected chi connectivity index (χ4v) is 2.76. The molecule has 0 fully saturated rings. The van der Waals surface area contributed by atoms with Crippen molar-refractivity contribution in [2.75, 3.05) is 5.73 Å². The standard InChI is InChI=1S/C19H15N5O/c20-16-9-8-13(10-22-16)11-4-6-12(7-5-11)19-23-15-3-1-2-14(18(21)25)17(15)24-19/h1-10H,(H2,20,22)(H2,21,25)(H,23,24). The quantitative estimate of drug-likeness (QED) is 0.536. The predicted octanol–water partition coefficient (Wildman–Crippen LogP) is 2.97. The summed E-state index contributed by atoms with van der Waals surface area (Å²) in [4.78, 5) is 23.4. The lowest BCUT2D eigenvalue weighted by Crippen LogP contribution is -2.11. The molecule has 1 amide bonds. The maximum Gasteiger partial charge on any atom is 0.250 e. The number of imidazole rings is 1. The summed E-state index contributed by atoms with van der Waals surface area (Å²) in [6.07, 6.45) is 1.74. The van der Waals surface area contributed by atoms with Crippen LogP contribution < -0.4 is 11.5 Å². The van der Waals surface area contributed by atoms with Crippen LogP contribution in [0.25, 0.3) is 33.5 Å². The Labute approximate surface area is 143 Å². The monoisotopic (exact) mass is 329 g/mol. The molecule has 0 spiro atoms. The molecular weight excluding hydrogens is 314 g/mol. The number of rotatable bonds is 3. The number of nitrogen functional groups attached to an aromatic ring is 1. The van der Waals surface area contributed by atoms with Gasteiger partial charge in [0.15, 0.2) is 0 Å². The lowest BCUT2D eigenvalue weighted by atomic mass is 10.1. The van der Waals surface area contributed by atoms with E-state index in [2.05, 4.69) is 15.0 Å². The van der Waals surface area contributed by atoms with Crippen LogP contribution in [0.15, 0.2) is 60.8 Å². The number of nitrogens with two attached hydrogens (primary N) is 2. The number of amides is 1. The molecule has 2 heterocycles. The molecule has 25 heavy (non-hydrogen) atoms. The van der Waals surface area contributed by atoms with E-state index in [0.29, 0.717) is 22.7 Å². The van der Waals surface area contributed by atoms with Crippen LogP contribution in [0.3, 0.4) is 0 Å². The van der Waals surface area contributed by atoms with Gasteiger partial charge in [-0.15, -0.1) is 0 Å². The summed E-state index contributed by atoms with van der Waals surface area (Å²) in [5, 5.41) is 0. The minimum atomic E-state index is -0.491. The van der Waals surface area contributed by atoms with Crippen molar-refractivity contribution in [3.63, 3.8) is 0 Å². The minimum Gasteiger partial charge on any atom is -0.384 e. The van der Waals surface area contributed by atoms with Crippen LogP contribution in [-0.2, 0) is 0 Å². The van der Waals surface area contributed by atoms with Crippen LogP contribution in [-0.4, -0.2) is 20.9 Å². The molecule has 2 aromatic carbocycles. The summed E-state index contributed by atoms with van der Waals surface area (Å²) in [6.45, 7) is 0. The summed E-state index contributed by atoms with van der Waals surface area (Å²) < 4.78 is 0. The van der Waals surface area contributed by atoms with E-state index in [4.69, 9.17) is 11.5 Å². The number of hydrogen-bond acceptors (Lipinski definition) is 4. The number of carbonyl (C=O) groups is 1. The third kappa shape index (κ3) is 2.70. The fraction of sp³-hybridized carbons (Fsp3) is 0. The number of hydrogen-bond donors (Lipinski definition) is 3. The topological polar surface area (TPSA) is 111 Å². The van der Waals surface area contributed by atoms with Gasteiger partial charge in [0.25, 0.3) is 5.91 Å². The van der Waals surface area contributed by atoms with Gasteiger partial charge >= 0.3 is 0 Å². The zero-order valence-corrected chi connectivity index (χ0v) is 13.2. The molecule has 0 unspecified atom stereocenters. The van der Waals surface area contributed by atoms with Gasteiger partial charge in [0, 0.05) is 17.3 Å². The SMILES string of the molecule is NC(=O)c1cccc2[nH]c(-c3ccc(-c4ccc(N)nc4)cc3)nc12. The summed E-state index contributed by atoms with van der Waals surface area (Å²) in [6, 6.07) is 16.9. The lowest BCUT2D eigenvalue weighted by molar-refractivity contribution is 0.100. The number of pyridine rings is 1. The number of primary amides is 1. The second kappa shape index (κ2) is 5.76. The molecule has 0 aliphatic carbocycles. The Bertz CT molecular complexity index is 1070. The van der Waals surface area contributed by atoms with E-state index in [0.717, 1.165) is 22.2 Å². The van der Waals surface area contributed by atoms with Crippen molar-refractivity contribution in [2.24, 2.45) is 5.73 Å². The predicted molar refractivity (Wildman–Crippen MR) is 97.7 cm³/mol. The number of anilines is 1. The summed E-state index contributed by atoms with van der Waals surface area (Å²) >= 11 is 0. The van der Waals surface area contributed by atoms with Gasteiger partial charge in [0.2, 0.25) is 0 Å². The first-order valence-electron chi connectivity index (χ1n) is 7.73. The molecule has 4 rings (SSSR count). The Morgan fingerprint density at radius 2 is 1.64 bits per heavy atom. The van der Waals surface area contributed by atoms with Crippen molar-refractivity contribution in [2.45, 2.75) is 0 Å². The highest BCUT2D eigenvalue weighted by molar-refractivity contribution is 6.04. The molecule has 122 valence electrons. The van der Waals surface area contributed by atoms with E-state index < -0.39 is 5.91 Å². The first kappa shape index (κ1) is 14.9. The third-order valence-corrected chi connectivity index (χ3v) is 4.06. The van der Waals surface area contributed by atoms with Gasteiger partial charge in [-0.3, -0.25) is 4.79 Å². The average Bonchev–Trinajstić information content (AvgIpc) is 3.06. The van der Waals surface area contributed by atoms with E-state index in [1.807, 2.05) is 36.4 Å². The number of para-hydroxylation sites is 1. The summed E-state index contributed by atoms with van der Waals surface area (Å²) in [5.74, 6) is 0.688. The van der Waals surface area contributed by atoms with Gasteiger partial charge in [0.1, 0.15) is 17.2 Å². The van der Waals surface area contributed by atoms with Crippen LogP contribution in [0.5, 0.6) is 0 Å². The van der Waals surface area contributed by atoms with Gasteiger partial charge in [-0.05, 0) is 29.8 Å². The Balaban J connectivity index is 1.73. The van der Waals surface area contributed by atoms with Crippen molar-refractivity contribution in [1.82, 2.24) is 15.0 Å². The van der Waals surface area contributed by atoms with Crippen LogP contribution in [0, 0.1) is 0 Å². The number of nitrogens with zero attached hydrogens (tertiary/aromatic N) is 2. The first-order chi connectivity index (χ1) is 12.1. The van der Waals surface area contributed by atoms with Gasteiger partial charge in [-0.2, -0.15) is 0 Å². The van der Waals surface area contributed by atoms with Gasteiger partial charge < -0.3 is 16.5 Å². The Hall–Kier alpha value is -3.67. The zero-order valence-electron chi connectivity index (χ0n) is 13.2. The zero-order chi connectivity index (χ0) is 17.4. The Morgan fingerprint density at radius 3 is 2.32 bits per heavy atom. The smallest absolute Gasteiger partial charge is 0.250 e. The van der Waals surface area contributed by atoms with E-state index >= 15 is 0 Å². The fourth-order valence-electron chi connectivity index (χ4n) is 2.76. The molecule has 0 radical (unpaired) electrons. The number of carbonyl (C=O) groups excluding carboxylic acids is 1. The maximum atomic E-state index is 11.5. The normalized spacial score (nSPS) is 10.9. The molecule has 0 bridgehead atoms. The summed E-state index contributed by atoms with van der Waals surface area (Å²) in [7, 11) is 0. The van der Waals surface area contributed by atoms with E-state index in [1.54, 1.807) is 24.4 Å². The molecule has 0 atom stereocenters. The number of benzene rings is 2. The number of aromatic amines is 1. The second-order valence-electron chi connectivity index (χ2n) is 5.70. The van der Waals surface area contributed by atoms with E-state index in [1.165, 1.54) is 0 Å². The Morgan fingerprint density at radius 1 is 0.920 bits per heavy atom. The van der Waals surface area contributed by atoms with Crippen molar-refractivity contribution < 1.29 is 4.79 Å². The van der Waals surface area contributed by atoms with E-state index in [-0.39, 0.29) is 0 Å². The van der Waals surface area contributed by atoms with Gasteiger partial charge in [-0.25, -0.2) is 9.97 Å². The molecule has 0 saturated carbocycles. The van der Waals surface area contributed by atoms with Crippen molar-refractivity contribution >= 4 is 22.8 Å². The van der Waals surface area contributed by atoms with Crippen molar-refractivity contribution in [3.05, 3.63) is 66.4 Å². The average molecular weight is 329 g/mol. The first-order valence-corrected chi connectivity index (χ1v) is 7.73. The van der Waals surface area contributed by atoms with Crippen LogP contribution in [0.1, 0.15) is 10.4 Å². The largest absolute Gasteiger partial charge is 0.384 e. The van der Waals surface area contributed by atoms with Crippen molar-refractivity contribution in [3.8, 4) is 22.5 Å². The molecule has 6 nitrogen and oxygen atoms in total. The Kier molecular flexibility index (Phi) is 3.43. The number of aromatic nitrogens is 3. The summed E-state index contributed by atoms with van der Waals surface area (Å²) in [5.41, 5.74) is 15.7. The highest BCUT2D eigenvalue weighted by Crippen LogP contribution is 2.26. The molecule has 0 aliphatic heterocycles. The number of nitrogens with one attached hydrogen (secondary N) is 1. The highest BCUT2D eigenvalue weighted by atomic mass is 16.1. The number of H-pyrrole nitrogens is 1. The van der Waals surface area contributed by atoms with Crippen molar-refractivity contribution in [1.29, 1.82) is 0 Å². The molecule has 0 aliphatic rings. The van der Waals surface area contributed by atoms with Gasteiger partial charge in [-0.1, -0.05) is 30.3 Å². The molecule has 4 aromatic rings. The van der Waals surface area contributed by atoms with Crippen LogP contribution in [0.4, 0.5) is 5.82 Å². The van der Waals surface area contributed by atoms with Crippen LogP contribution in [0.2, 0.25) is 0 Å².